The second-order valence-electron chi connectivity index (χ2n) is 18.1. The Balaban J connectivity index is 0.726. The van der Waals surface area contributed by atoms with Gasteiger partial charge < -0.3 is 36.2 Å². The van der Waals surface area contributed by atoms with Crippen LogP contribution in [0.5, 0.6) is 0 Å². The molecule has 16 heteroatoms. The number of aliphatic hydroxyl groups is 1. The first-order chi connectivity index (χ1) is 31.5. The number of aryl methyl sites for hydroxylation is 1. The van der Waals surface area contributed by atoms with Gasteiger partial charge in [0.25, 0.3) is 5.91 Å². The van der Waals surface area contributed by atoms with Gasteiger partial charge in [-0.1, -0.05) is 61.8 Å². The van der Waals surface area contributed by atoms with Crippen molar-refractivity contribution in [2.24, 2.45) is 5.92 Å². The average molecular weight is 907 g/mol. The molecule has 3 aliphatic heterocycles. The fraction of sp³-hybridized carbons (Fsp3) is 0.510. The Labute approximate surface area is 387 Å². The van der Waals surface area contributed by atoms with E-state index in [1.807, 2.05) is 52.3 Å². The number of nitrogens with two attached hydrogens (primary N) is 1. The van der Waals surface area contributed by atoms with E-state index in [0.717, 1.165) is 85.8 Å². The van der Waals surface area contributed by atoms with E-state index in [-0.39, 0.29) is 23.6 Å². The minimum Gasteiger partial charge on any atom is -0.397 e. The smallest absolute Gasteiger partial charge is 0.274 e. The van der Waals surface area contributed by atoms with Gasteiger partial charge in [-0.05, 0) is 85.5 Å². The van der Waals surface area contributed by atoms with Crippen LogP contribution in [0.4, 0.5) is 11.5 Å². The Morgan fingerprint density at radius 3 is 2.32 bits per heavy atom. The molecule has 3 saturated heterocycles. The van der Waals surface area contributed by atoms with Crippen LogP contribution < -0.4 is 21.3 Å². The maximum atomic E-state index is 14.1. The van der Waals surface area contributed by atoms with Gasteiger partial charge in [0.2, 0.25) is 11.8 Å². The van der Waals surface area contributed by atoms with Gasteiger partial charge in [0, 0.05) is 101 Å². The molecule has 0 radical (unpaired) electrons. The number of carbonyl (C=O) groups is 3. The third kappa shape index (κ3) is 11.3. The summed E-state index contributed by atoms with van der Waals surface area (Å²) in [6, 6.07) is 17.6. The van der Waals surface area contributed by atoms with E-state index >= 15 is 0 Å². The second kappa shape index (κ2) is 21.4. The third-order valence-electron chi connectivity index (χ3n) is 13.8. The summed E-state index contributed by atoms with van der Waals surface area (Å²) in [7, 11) is 0. The lowest BCUT2D eigenvalue weighted by Crippen LogP contribution is -2.51. The molecular formula is C49H64ClN11O4. The highest BCUT2D eigenvalue weighted by atomic mass is 35.5. The third-order valence-corrected chi connectivity index (χ3v) is 14.0. The van der Waals surface area contributed by atoms with Crippen LogP contribution in [0.1, 0.15) is 83.9 Å². The molecule has 3 amide bonds. The largest absolute Gasteiger partial charge is 0.397 e. The van der Waals surface area contributed by atoms with Crippen LogP contribution in [0.25, 0.3) is 11.1 Å². The first-order valence-electron chi connectivity index (χ1n) is 23.4. The molecule has 4 aliphatic rings. The molecule has 0 unspecified atom stereocenters. The maximum absolute atomic E-state index is 14.1. The Hall–Kier alpha value is -5.19. The zero-order chi connectivity index (χ0) is 45.5. The van der Waals surface area contributed by atoms with Crippen LogP contribution >= 0.6 is 11.6 Å². The maximum Gasteiger partial charge on any atom is 0.274 e. The van der Waals surface area contributed by atoms with E-state index in [1.54, 1.807) is 6.20 Å². The molecule has 3 fully saturated rings. The van der Waals surface area contributed by atoms with Crippen LogP contribution in [-0.4, -0.2) is 156 Å². The number of hydrogen-bond donors (Lipinski definition) is 4. The molecule has 4 aromatic rings. The number of piperazine rings is 2. The summed E-state index contributed by atoms with van der Waals surface area (Å²) in [4.78, 5) is 64.6. The standard InChI is InChI=1S/C49H64ClN11O4/c1-3-34-5-4-6-37(26-34)38-27-41(51)45(54-28-38)49(65)61-19-17-58(18-20-61)30-35-11-15-57(16-12-35)31-43(63)53-14-13-52-29-40(36-7-9-39(50)10-8-36)48(64)60-23-21-59(22-24-60)47-44-33(2)25-42(62)46(44)55-32-56-47/h4-10,26-28,32-33,35,40,42,52,62H,3,11-25,29-31,51H2,1-2H3,(H,53,63)/t33-,40-,42-/m1/s1. The molecule has 1 aliphatic carbocycles. The molecule has 15 nitrogen and oxygen atoms in total. The lowest BCUT2D eigenvalue weighted by atomic mass is 9.96. The van der Waals surface area contributed by atoms with Gasteiger partial charge in [-0.2, -0.15) is 0 Å². The monoisotopic (exact) mass is 905 g/mol. The van der Waals surface area contributed by atoms with Gasteiger partial charge in [-0.25, -0.2) is 15.0 Å². The molecule has 0 bridgehead atoms. The van der Waals surface area contributed by atoms with E-state index < -0.39 is 12.0 Å². The number of piperidine rings is 1. The zero-order valence-electron chi connectivity index (χ0n) is 37.8. The van der Waals surface area contributed by atoms with Crippen molar-refractivity contribution in [3.8, 4) is 11.1 Å². The quantitative estimate of drug-likeness (QED) is 0.126. The first kappa shape index (κ1) is 46.3. The first-order valence-corrected chi connectivity index (χ1v) is 23.8. The van der Waals surface area contributed by atoms with Gasteiger partial charge in [-0.15, -0.1) is 0 Å². The number of hydrogen-bond acceptors (Lipinski definition) is 12. The zero-order valence-corrected chi connectivity index (χ0v) is 38.6. The number of rotatable bonds is 15. The highest BCUT2D eigenvalue weighted by molar-refractivity contribution is 6.30. The summed E-state index contributed by atoms with van der Waals surface area (Å²) in [6.45, 7) is 14.1. The Kier molecular flexibility index (Phi) is 15.3. The summed E-state index contributed by atoms with van der Waals surface area (Å²) < 4.78 is 0. The van der Waals surface area contributed by atoms with Crippen molar-refractivity contribution < 1.29 is 19.5 Å². The molecule has 8 rings (SSSR count). The van der Waals surface area contributed by atoms with Gasteiger partial charge >= 0.3 is 0 Å². The number of anilines is 2. The molecule has 5 heterocycles. The molecule has 0 saturated carbocycles. The second-order valence-corrected chi connectivity index (χ2v) is 18.6. The number of carbonyl (C=O) groups excluding carboxylic acids is 3. The van der Waals surface area contributed by atoms with E-state index in [4.69, 9.17) is 17.3 Å². The minimum atomic E-state index is -0.564. The van der Waals surface area contributed by atoms with Crippen molar-refractivity contribution in [1.82, 2.24) is 45.2 Å². The molecular weight excluding hydrogens is 842 g/mol. The van der Waals surface area contributed by atoms with Crippen molar-refractivity contribution in [3.05, 3.63) is 100 Å². The van der Waals surface area contributed by atoms with E-state index in [9.17, 15) is 19.5 Å². The number of nitrogens with one attached hydrogen (secondary N) is 2. The van der Waals surface area contributed by atoms with E-state index in [2.05, 4.69) is 66.3 Å². The van der Waals surface area contributed by atoms with Crippen molar-refractivity contribution in [2.75, 3.05) is 109 Å². The summed E-state index contributed by atoms with van der Waals surface area (Å²) in [5, 5.41) is 17.6. The lowest BCUT2D eigenvalue weighted by molar-refractivity contribution is -0.133. The van der Waals surface area contributed by atoms with Gasteiger partial charge in [-0.3, -0.25) is 24.2 Å². The minimum absolute atomic E-state index is 0.00272. The predicted molar refractivity (Wildman–Crippen MR) is 254 cm³/mol. The molecule has 65 heavy (non-hydrogen) atoms. The number of likely N-dealkylation sites (tertiary alicyclic amines) is 1. The Bertz CT molecular complexity index is 2270. The summed E-state index contributed by atoms with van der Waals surface area (Å²) in [5.74, 6) is 1.12. The summed E-state index contributed by atoms with van der Waals surface area (Å²) >= 11 is 6.22. The van der Waals surface area contributed by atoms with E-state index in [1.165, 1.54) is 11.9 Å². The highest BCUT2D eigenvalue weighted by Gasteiger charge is 2.35. The number of pyridine rings is 1. The van der Waals surface area contributed by atoms with Crippen LogP contribution in [0.2, 0.25) is 5.02 Å². The Morgan fingerprint density at radius 1 is 0.862 bits per heavy atom. The van der Waals surface area contributed by atoms with Crippen molar-refractivity contribution in [1.29, 1.82) is 0 Å². The normalized spacial score (nSPS) is 20.2. The van der Waals surface area contributed by atoms with Crippen molar-refractivity contribution in [2.45, 2.75) is 57.5 Å². The molecule has 5 N–H and O–H groups in total. The van der Waals surface area contributed by atoms with Crippen LogP contribution in [0.3, 0.4) is 0 Å². The fourth-order valence-corrected chi connectivity index (χ4v) is 10.0. The Morgan fingerprint density at radius 2 is 1.60 bits per heavy atom. The molecule has 2 aromatic heterocycles. The fourth-order valence-electron chi connectivity index (χ4n) is 9.92. The number of aliphatic hydroxyl groups excluding tert-OH is 1. The summed E-state index contributed by atoms with van der Waals surface area (Å²) in [5.41, 5.74) is 12.9. The van der Waals surface area contributed by atoms with Gasteiger partial charge in [0.1, 0.15) is 12.1 Å². The number of halogens is 1. The average Bonchev–Trinajstić information content (AvgIpc) is 3.63. The predicted octanol–water partition coefficient (Wildman–Crippen LogP) is 4.19. The number of aromatic nitrogens is 3. The van der Waals surface area contributed by atoms with Crippen LogP contribution in [-0.2, 0) is 16.0 Å². The number of amides is 3. The molecule has 3 atom stereocenters. The number of benzene rings is 2. The van der Waals surface area contributed by atoms with Gasteiger partial charge in [0.05, 0.1) is 29.9 Å². The van der Waals surface area contributed by atoms with Crippen molar-refractivity contribution >= 4 is 40.8 Å². The van der Waals surface area contributed by atoms with Gasteiger partial charge in [0.15, 0.2) is 5.69 Å². The molecule has 2 aromatic carbocycles. The molecule has 0 spiro atoms. The number of fused-ring (bicyclic) bond motifs is 1. The SMILES string of the molecule is CCc1cccc(-c2cnc(C(=O)N3CCN(CC4CCN(CC(=O)NCCNC[C@@H](C(=O)N5CCN(c6ncnc7c6[C@H](C)C[C@H]7O)CC5)c5ccc(Cl)cc5)CC4)CC3)c(N)c2)c1. The van der Waals surface area contributed by atoms with Crippen LogP contribution in [0, 0.1) is 5.92 Å². The topological polar surface area (TPSA) is 176 Å². The number of nitrogens with zero attached hydrogens (tertiary/aromatic N) is 8. The summed E-state index contributed by atoms with van der Waals surface area (Å²) in [6.07, 6.45) is 6.37. The highest BCUT2D eigenvalue weighted by Crippen LogP contribution is 2.43. The van der Waals surface area contributed by atoms with E-state index in [0.29, 0.717) is 94.2 Å². The van der Waals surface area contributed by atoms with Crippen LogP contribution in [0.15, 0.2) is 67.1 Å². The van der Waals surface area contributed by atoms with Crippen molar-refractivity contribution in [3.63, 3.8) is 0 Å². The lowest BCUT2D eigenvalue weighted by Gasteiger charge is -2.38. The number of nitrogen functional groups attached to an aromatic ring is 1. The molecule has 346 valence electrons.